The van der Waals surface area contributed by atoms with Crippen LogP contribution in [0.15, 0.2) is 12.7 Å². The van der Waals surface area contributed by atoms with Crippen LogP contribution in [0.3, 0.4) is 0 Å². The van der Waals surface area contributed by atoms with Gasteiger partial charge in [-0.1, -0.05) is 18.3 Å². The quantitative estimate of drug-likeness (QED) is 0.642. The lowest BCUT2D eigenvalue weighted by Gasteiger charge is -2.10. The molecule has 0 saturated carbocycles. The fourth-order valence-electron chi connectivity index (χ4n) is 0.849. The molecule has 0 amide bonds. The van der Waals surface area contributed by atoms with Crippen LogP contribution >= 0.6 is 23.5 Å². The average molecular weight is 204 g/mol. The number of thioether (sulfide) groups is 2. The Hall–Kier alpha value is 0.0700. The van der Waals surface area contributed by atoms with Gasteiger partial charge in [-0.05, 0) is 18.2 Å². The molecule has 4 heteroatoms. The van der Waals surface area contributed by atoms with Crippen LogP contribution in [0.1, 0.15) is 6.42 Å². The van der Waals surface area contributed by atoms with E-state index < -0.39 is 0 Å². The molecule has 1 fully saturated rings. The van der Waals surface area contributed by atoms with Gasteiger partial charge in [0.2, 0.25) is 5.12 Å². The highest BCUT2D eigenvalue weighted by Crippen LogP contribution is 2.22. The Balaban J connectivity index is 2.29. The largest absolute Gasteiger partial charge is 0.366 e. The molecule has 1 atom stereocenters. The van der Waals surface area contributed by atoms with Crippen molar-refractivity contribution in [3.8, 4) is 0 Å². The molecular weight excluding hydrogens is 192 g/mol. The van der Waals surface area contributed by atoms with Crippen molar-refractivity contribution in [2.75, 3.05) is 18.1 Å². The van der Waals surface area contributed by atoms with Crippen molar-refractivity contribution in [2.24, 2.45) is 0 Å². The fourth-order valence-corrected chi connectivity index (χ4v) is 2.71. The standard InChI is InChI=1S/C8H12O2S2/c1-2-7(9)12-8-6-11-5-3-4-10-8/h2,8H,1,3-6H2. The van der Waals surface area contributed by atoms with Crippen molar-refractivity contribution in [1.82, 2.24) is 0 Å². The number of carbonyl (C=O) groups is 1. The van der Waals surface area contributed by atoms with Gasteiger partial charge in [0.25, 0.3) is 0 Å². The third kappa shape index (κ3) is 3.65. The zero-order valence-electron chi connectivity index (χ0n) is 6.82. The van der Waals surface area contributed by atoms with E-state index in [9.17, 15) is 4.79 Å². The number of rotatable bonds is 2. The van der Waals surface area contributed by atoms with Crippen molar-refractivity contribution in [3.05, 3.63) is 12.7 Å². The summed E-state index contributed by atoms with van der Waals surface area (Å²) >= 11 is 3.08. The van der Waals surface area contributed by atoms with Crippen LogP contribution in [0.4, 0.5) is 0 Å². The second-order valence-corrected chi connectivity index (χ2v) is 4.68. The van der Waals surface area contributed by atoms with Gasteiger partial charge < -0.3 is 4.74 Å². The van der Waals surface area contributed by atoms with Crippen molar-refractivity contribution >= 4 is 28.6 Å². The molecule has 1 rings (SSSR count). The van der Waals surface area contributed by atoms with Gasteiger partial charge >= 0.3 is 0 Å². The Morgan fingerprint density at radius 1 is 1.75 bits per heavy atom. The number of ether oxygens (including phenoxy) is 1. The van der Waals surface area contributed by atoms with Gasteiger partial charge in [0.05, 0.1) is 0 Å². The van der Waals surface area contributed by atoms with E-state index in [1.165, 1.54) is 17.8 Å². The molecule has 2 nitrogen and oxygen atoms in total. The third-order valence-electron chi connectivity index (χ3n) is 1.40. The molecule has 0 spiro atoms. The fraction of sp³-hybridized carbons (Fsp3) is 0.625. The van der Waals surface area contributed by atoms with Gasteiger partial charge in [-0.2, -0.15) is 11.8 Å². The lowest BCUT2D eigenvalue weighted by Crippen LogP contribution is -2.12. The van der Waals surface area contributed by atoms with E-state index in [0.29, 0.717) is 0 Å². The van der Waals surface area contributed by atoms with E-state index in [0.717, 1.165) is 24.5 Å². The van der Waals surface area contributed by atoms with Crippen LogP contribution in [0.25, 0.3) is 0 Å². The molecule has 1 saturated heterocycles. The summed E-state index contributed by atoms with van der Waals surface area (Å²) in [6.45, 7) is 4.19. The molecule has 12 heavy (non-hydrogen) atoms. The van der Waals surface area contributed by atoms with Crippen molar-refractivity contribution in [2.45, 2.75) is 11.9 Å². The van der Waals surface area contributed by atoms with Gasteiger partial charge in [-0.15, -0.1) is 0 Å². The summed E-state index contributed by atoms with van der Waals surface area (Å²) in [4.78, 5) is 10.9. The predicted molar refractivity (Wildman–Crippen MR) is 54.5 cm³/mol. The lowest BCUT2D eigenvalue weighted by atomic mass is 10.5. The summed E-state index contributed by atoms with van der Waals surface area (Å²) in [7, 11) is 0. The normalized spacial score (nSPS) is 24.5. The Morgan fingerprint density at radius 3 is 3.33 bits per heavy atom. The van der Waals surface area contributed by atoms with Gasteiger partial charge in [-0.3, -0.25) is 4.79 Å². The minimum atomic E-state index is 0.00231. The first-order valence-electron chi connectivity index (χ1n) is 3.85. The second kappa shape index (κ2) is 5.67. The zero-order valence-corrected chi connectivity index (χ0v) is 8.46. The van der Waals surface area contributed by atoms with E-state index in [4.69, 9.17) is 4.74 Å². The molecule has 0 aromatic carbocycles. The van der Waals surface area contributed by atoms with Crippen LogP contribution in [-0.2, 0) is 9.53 Å². The summed E-state index contributed by atoms with van der Waals surface area (Å²) in [5.41, 5.74) is 0.0306. The maximum absolute atomic E-state index is 10.9. The molecule has 0 N–H and O–H groups in total. The molecule has 1 unspecified atom stereocenters. The minimum Gasteiger partial charge on any atom is -0.366 e. The summed E-state index contributed by atoms with van der Waals surface area (Å²) in [6.07, 6.45) is 2.42. The third-order valence-corrected chi connectivity index (χ3v) is 3.70. The number of carbonyl (C=O) groups excluding carboxylic acids is 1. The number of hydrogen-bond acceptors (Lipinski definition) is 4. The molecule has 68 valence electrons. The van der Waals surface area contributed by atoms with E-state index >= 15 is 0 Å². The van der Waals surface area contributed by atoms with Crippen LogP contribution in [-0.4, -0.2) is 28.7 Å². The molecule has 0 aromatic heterocycles. The molecule has 0 radical (unpaired) electrons. The van der Waals surface area contributed by atoms with Crippen molar-refractivity contribution in [3.63, 3.8) is 0 Å². The summed E-state index contributed by atoms with van der Waals surface area (Å²) < 4.78 is 5.45. The summed E-state index contributed by atoms with van der Waals surface area (Å²) in [6, 6.07) is 0. The first kappa shape index (κ1) is 10.2. The maximum atomic E-state index is 10.9. The molecule has 0 aliphatic carbocycles. The van der Waals surface area contributed by atoms with E-state index in [1.54, 1.807) is 0 Å². The second-order valence-electron chi connectivity index (χ2n) is 2.37. The van der Waals surface area contributed by atoms with Crippen LogP contribution in [0.2, 0.25) is 0 Å². The zero-order chi connectivity index (χ0) is 8.81. The maximum Gasteiger partial charge on any atom is 0.214 e. The molecular formula is C8H12O2S2. The Labute approximate surface area is 81.1 Å². The SMILES string of the molecule is C=CC(=O)SC1CSCCCO1. The molecule has 1 heterocycles. The topological polar surface area (TPSA) is 26.3 Å². The van der Waals surface area contributed by atoms with Gasteiger partial charge in [0, 0.05) is 12.4 Å². The molecule has 0 aromatic rings. The highest BCUT2D eigenvalue weighted by atomic mass is 32.2. The Kier molecular flexibility index (Phi) is 4.80. The monoisotopic (exact) mass is 204 g/mol. The highest BCUT2D eigenvalue weighted by molar-refractivity contribution is 8.15. The lowest BCUT2D eigenvalue weighted by molar-refractivity contribution is -0.107. The highest BCUT2D eigenvalue weighted by Gasteiger charge is 2.15. The van der Waals surface area contributed by atoms with Crippen molar-refractivity contribution < 1.29 is 9.53 Å². The number of hydrogen-bond donors (Lipinski definition) is 0. The van der Waals surface area contributed by atoms with Gasteiger partial charge in [0.1, 0.15) is 5.44 Å². The first-order chi connectivity index (χ1) is 5.83. The average Bonchev–Trinajstić information content (AvgIpc) is 2.33. The van der Waals surface area contributed by atoms with Crippen LogP contribution in [0.5, 0.6) is 0 Å². The van der Waals surface area contributed by atoms with Gasteiger partial charge in [0.15, 0.2) is 0 Å². The Bertz CT molecular complexity index is 162. The van der Waals surface area contributed by atoms with E-state index in [-0.39, 0.29) is 10.6 Å². The minimum absolute atomic E-state index is 0.00231. The van der Waals surface area contributed by atoms with Crippen LogP contribution < -0.4 is 0 Å². The smallest absolute Gasteiger partial charge is 0.214 e. The molecule has 1 aliphatic heterocycles. The van der Waals surface area contributed by atoms with E-state index in [2.05, 4.69) is 6.58 Å². The summed E-state index contributed by atoms with van der Waals surface area (Å²) in [5.74, 6) is 2.05. The molecule has 1 aliphatic rings. The van der Waals surface area contributed by atoms with Crippen LogP contribution in [0, 0.1) is 0 Å². The van der Waals surface area contributed by atoms with Gasteiger partial charge in [-0.25, -0.2) is 0 Å². The van der Waals surface area contributed by atoms with Crippen molar-refractivity contribution in [1.29, 1.82) is 0 Å². The van der Waals surface area contributed by atoms with E-state index in [1.807, 2.05) is 11.8 Å². The summed E-state index contributed by atoms with van der Waals surface area (Å²) in [5, 5.41) is 0.00231. The predicted octanol–water partition coefficient (Wildman–Crippen LogP) is 1.91. The first-order valence-corrected chi connectivity index (χ1v) is 5.89. The Morgan fingerprint density at radius 2 is 2.58 bits per heavy atom. The molecule has 0 bridgehead atoms.